The summed E-state index contributed by atoms with van der Waals surface area (Å²) in [4.78, 5) is 0. The zero-order valence-corrected chi connectivity index (χ0v) is 35.7. The zero-order valence-electron chi connectivity index (χ0n) is 35.7. The van der Waals surface area contributed by atoms with Crippen molar-refractivity contribution in [3.05, 3.63) is 218 Å². The van der Waals surface area contributed by atoms with Crippen molar-refractivity contribution in [1.82, 2.24) is 9.13 Å². The van der Waals surface area contributed by atoms with Crippen LogP contribution < -0.4 is 0 Å². The summed E-state index contributed by atoms with van der Waals surface area (Å²) < 4.78 is 5.07. The van der Waals surface area contributed by atoms with E-state index in [1.165, 1.54) is 154 Å². The molecule has 12 aromatic carbocycles. The second kappa shape index (κ2) is 12.5. The average molecular weight is 833 g/mol. The predicted octanol–water partition coefficient (Wildman–Crippen LogP) is 17.5. The van der Waals surface area contributed by atoms with Crippen molar-refractivity contribution in [3.63, 3.8) is 0 Å². The Balaban J connectivity index is 0.955. The fourth-order valence-electron chi connectivity index (χ4n) is 12.5. The number of aromatic nitrogens is 2. The van der Waals surface area contributed by atoms with Crippen molar-refractivity contribution in [1.29, 1.82) is 0 Å². The van der Waals surface area contributed by atoms with E-state index in [4.69, 9.17) is 0 Å². The third-order valence-electron chi connectivity index (χ3n) is 15.1. The van der Waals surface area contributed by atoms with Crippen molar-refractivity contribution in [2.24, 2.45) is 0 Å². The second-order valence-electron chi connectivity index (χ2n) is 18.3. The summed E-state index contributed by atoms with van der Waals surface area (Å²) in [6.45, 7) is 0. The van der Waals surface area contributed by atoms with Gasteiger partial charge in [-0.2, -0.15) is 0 Å². The maximum absolute atomic E-state index is 2.58. The molecule has 0 atom stereocenters. The normalized spacial score (nSPS) is 12.5. The summed E-state index contributed by atoms with van der Waals surface area (Å²) in [6, 6.07) is 82.0. The first-order valence-electron chi connectivity index (χ1n) is 23.0. The Labute approximate surface area is 379 Å². The van der Waals surface area contributed by atoms with Gasteiger partial charge in [-0.1, -0.05) is 176 Å². The van der Waals surface area contributed by atoms with Gasteiger partial charge in [0, 0.05) is 43.4 Å². The molecule has 0 amide bonds. The van der Waals surface area contributed by atoms with Gasteiger partial charge in [0.2, 0.25) is 0 Å². The minimum absolute atomic E-state index is 1.20. The van der Waals surface area contributed by atoms with Crippen LogP contribution in [0.2, 0.25) is 0 Å². The van der Waals surface area contributed by atoms with E-state index >= 15 is 0 Å². The number of rotatable bonds is 3. The molecule has 0 unspecified atom stereocenters. The summed E-state index contributed by atoms with van der Waals surface area (Å²) in [5.74, 6) is 0. The van der Waals surface area contributed by atoms with E-state index in [9.17, 15) is 0 Å². The Hall–Kier alpha value is -8.72. The van der Waals surface area contributed by atoms with Crippen LogP contribution in [0.5, 0.6) is 0 Å². The number of nitrogens with zero attached hydrogens (tertiary/aromatic N) is 2. The van der Waals surface area contributed by atoms with Gasteiger partial charge in [0.05, 0.1) is 33.4 Å². The van der Waals surface area contributed by atoms with E-state index < -0.39 is 0 Å². The Kier molecular flexibility index (Phi) is 6.58. The molecule has 2 heterocycles. The van der Waals surface area contributed by atoms with Crippen LogP contribution in [0.3, 0.4) is 0 Å². The van der Waals surface area contributed by atoms with Crippen molar-refractivity contribution in [3.8, 4) is 67.0 Å². The number of hydrogen-bond donors (Lipinski definition) is 0. The molecule has 0 radical (unpaired) electrons. The van der Waals surface area contributed by atoms with E-state index in [0.717, 1.165) is 0 Å². The van der Waals surface area contributed by atoms with Gasteiger partial charge >= 0.3 is 0 Å². The molecule has 0 saturated heterocycles. The highest BCUT2D eigenvalue weighted by atomic mass is 15.0. The van der Waals surface area contributed by atoms with E-state index in [1.54, 1.807) is 0 Å². The Morgan fingerprint density at radius 2 is 0.818 bits per heavy atom. The van der Waals surface area contributed by atoms with Crippen LogP contribution in [0.25, 0.3) is 154 Å². The molecule has 14 aromatic rings. The lowest BCUT2D eigenvalue weighted by atomic mass is 9.95. The predicted molar refractivity (Wildman–Crippen MR) is 279 cm³/mol. The average Bonchev–Trinajstić information content (AvgIpc) is 4.10. The van der Waals surface area contributed by atoms with E-state index in [1.807, 2.05) is 0 Å². The van der Waals surface area contributed by atoms with Gasteiger partial charge in [0.1, 0.15) is 0 Å². The van der Waals surface area contributed by atoms with E-state index in [2.05, 4.69) is 228 Å². The van der Waals surface area contributed by atoms with Crippen LogP contribution in [-0.4, -0.2) is 9.13 Å². The molecule has 2 aliphatic rings. The van der Waals surface area contributed by atoms with E-state index in [-0.39, 0.29) is 0 Å². The summed E-state index contributed by atoms with van der Waals surface area (Å²) >= 11 is 0. The topological polar surface area (TPSA) is 9.86 Å². The molecule has 2 aliphatic carbocycles. The minimum Gasteiger partial charge on any atom is -0.309 e. The molecule has 16 rings (SSSR count). The minimum atomic E-state index is 1.20. The quantitative estimate of drug-likeness (QED) is 0.168. The lowest BCUT2D eigenvalue weighted by Gasteiger charge is -2.15. The Morgan fingerprint density at radius 3 is 1.61 bits per heavy atom. The highest BCUT2D eigenvalue weighted by Crippen LogP contribution is 2.55. The van der Waals surface area contributed by atoms with Crippen LogP contribution in [0.1, 0.15) is 0 Å². The van der Waals surface area contributed by atoms with Crippen molar-refractivity contribution in [2.45, 2.75) is 0 Å². The molecule has 2 aromatic heterocycles. The Bertz CT molecular complexity index is 4500. The summed E-state index contributed by atoms with van der Waals surface area (Å²) in [5, 5.41) is 15.3. The molecule has 66 heavy (non-hydrogen) atoms. The van der Waals surface area contributed by atoms with Gasteiger partial charge in [0.25, 0.3) is 0 Å². The molecule has 0 saturated carbocycles. The molecule has 2 heteroatoms. The molecule has 0 bridgehead atoms. The van der Waals surface area contributed by atoms with Gasteiger partial charge in [-0.25, -0.2) is 0 Å². The highest BCUT2D eigenvalue weighted by Gasteiger charge is 2.30. The third kappa shape index (κ3) is 4.36. The lowest BCUT2D eigenvalue weighted by Crippen LogP contribution is -1.97. The maximum Gasteiger partial charge on any atom is 0.0626 e. The molecule has 0 spiro atoms. The number of hydrogen-bond acceptors (Lipinski definition) is 0. The summed E-state index contributed by atoms with van der Waals surface area (Å²) in [5.41, 5.74) is 20.3. The van der Waals surface area contributed by atoms with Crippen molar-refractivity contribution in [2.75, 3.05) is 0 Å². The number of fused-ring (bicyclic) bond motifs is 16. The van der Waals surface area contributed by atoms with Crippen molar-refractivity contribution < 1.29 is 0 Å². The number of benzene rings is 12. The van der Waals surface area contributed by atoms with Gasteiger partial charge < -0.3 is 9.13 Å². The monoisotopic (exact) mass is 832 g/mol. The van der Waals surface area contributed by atoms with Gasteiger partial charge in [0.15, 0.2) is 0 Å². The molecule has 0 fully saturated rings. The van der Waals surface area contributed by atoms with Crippen LogP contribution >= 0.6 is 0 Å². The van der Waals surface area contributed by atoms with Crippen LogP contribution in [0, 0.1) is 0 Å². The first-order chi connectivity index (χ1) is 32.8. The first-order valence-corrected chi connectivity index (χ1v) is 23.0. The SMILES string of the molecule is c1ccc2c(-n3c4ccccc4c4c5c(ccc43)-c3cc(-c4ccc6c7ccc8c(c7n(-c7cccc9ccccc79)c6c4)-c4cccc6cccc-8c46)cc4cccc-5c34)cccc2c1. The van der Waals surface area contributed by atoms with Gasteiger partial charge in [-0.3, -0.25) is 0 Å². The molecule has 0 aliphatic heterocycles. The molecule has 2 nitrogen and oxygen atoms in total. The van der Waals surface area contributed by atoms with Crippen molar-refractivity contribution >= 4 is 86.7 Å². The van der Waals surface area contributed by atoms with Crippen LogP contribution in [0.15, 0.2) is 218 Å². The standard InChI is InChI=1S/C64H36N2/c1-3-19-43-37(12-1)14-10-26-54(43)65-56-25-6-5-21-50(56)63-57(65)33-32-48-53-35-42(34-41-18-9-23-51(60(41)53)61(48)63)40-28-29-45-49-31-30-47-46-22-7-16-39-17-8-24-52(59(39)46)62(47)64(49)66(58(45)36-40)55-27-11-15-38-13-2-4-20-44(38)55/h1-36H. The van der Waals surface area contributed by atoms with Crippen LogP contribution in [-0.2, 0) is 0 Å². The third-order valence-corrected chi connectivity index (χ3v) is 15.1. The fraction of sp³-hybridized carbons (Fsp3) is 0. The number of para-hydroxylation sites is 1. The lowest BCUT2D eigenvalue weighted by molar-refractivity contribution is 1.20. The smallest absolute Gasteiger partial charge is 0.0626 e. The second-order valence-corrected chi connectivity index (χ2v) is 18.3. The maximum atomic E-state index is 2.58. The fourth-order valence-corrected chi connectivity index (χ4v) is 12.5. The Morgan fingerprint density at radius 1 is 0.242 bits per heavy atom. The molecular weight excluding hydrogens is 797 g/mol. The van der Waals surface area contributed by atoms with Crippen LogP contribution in [0.4, 0.5) is 0 Å². The largest absolute Gasteiger partial charge is 0.309 e. The van der Waals surface area contributed by atoms with Gasteiger partial charge in [-0.05, 0) is 119 Å². The molecule has 302 valence electrons. The molecule has 0 N–H and O–H groups in total. The molecular formula is C64H36N2. The van der Waals surface area contributed by atoms with Gasteiger partial charge in [-0.15, -0.1) is 0 Å². The highest BCUT2D eigenvalue weighted by molar-refractivity contribution is 6.28. The zero-order chi connectivity index (χ0) is 42.8. The first kappa shape index (κ1) is 34.7. The summed E-state index contributed by atoms with van der Waals surface area (Å²) in [7, 11) is 0. The summed E-state index contributed by atoms with van der Waals surface area (Å²) in [6.07, 6.45) is 0. The van der Waals surface area contributed by atoms with E-state index in [0.29, 0.717) is 0 Å².